The number of nitrogens with one attached hydrogen (secondary N) is 1. The summed E-state index contributed by atoms with van der Waals surface area (Å²) in [4.78, 5) is 15.6. The number of ether oxygens (including phenoxy) is 1. The van der Waals surface area contributed by atoms with Crippen molar-refractivity contribution >= 4 is 17.5 Å². The van der Waals surface area contributed by atoms with Gasteiger partial charge < -0.3 is 10.1 Å². The van der Waals surface area contributed by atoms with Crippen LogP contribution in [-0.4, -0.2) is 43.7 Å². The molecule has 0 bridgehead atoms. The van der Waals surface area contributed by atoms with Gasteiger partial charge in [-0.05, 0) is 67.8 Å². The van der Waals surface area contributed by atoms with E-state index in [2.05, 4.69) is 52.7 Å². The molecule has 1 saturated carbocycles. The van der Waals surface area contributed by atoms with Crippen molar-refractivity contribution in [1.29, 1.82) is 0 Å². The van der Waals surface area contributed by atoms with Gasteiger partial charge in [-0.15, -0.1) is 0 Å². The molecule has 2 saturated heterocycles. The van der Waals surface area contributed by atoms with Crippen molar-refractivity contribution < 1.29 is 9.53 Å². The SMILES string of the molecule is O=C(NCC1(c2ccccc2)CCOCC1)[C@H]1CC12CCN(Cc1ccccc1Cl)CC2. The van der Waals surface area contributed by atoms with E-state index < -0.39 is 0 Å². The quantitative estimate of drug-likeness (QED) is 0.684. The molecule has 2 heterocycles. The highest BCUT2D eigenvalue weighted by molar-refractivity contribution is 6.31. The van der Waals surface area contributed by atoms with Crippen molar-refractivity contribution in [2.24, 2.45) is 11.3 Å². The van der Waals surface area contributed by atoms with E-state index in [1.807, 2.05) is 12.1 Å². The van der Waals surface area contributed by atoms with Gasteiger partial charge in [-0.2, -0.15) is 0 Å². The van der Waals surface area contributed by atoms with Gasteiger partial charge in [0.05, 0.1) is 0 Å². The second-order valence-corrected chi connectivity index (χ2v) is 10.4. The maximum absolute atomic E-state index is 13.1. The van der Waals surface area contributed by atoms with Gasteiger partial charge in [-0.25, -0.2) is 0 Å². The van der Waals surface area contributed by atoms with Crippen LogP contribution in [0.1, 0.15) is 43.2 Å². The standard InChI is InChI=1S/C27H33ClN2O2/c28-24-9-5-4-6-21(24)19-30-14-10-26(11-15-30)18-23(26)25(31)29-20-27(12-16-32-17-13-27)22-7-2-1-3-8-22/h1-9,23H,10-20H2,(H,29,31)/t23-/m1/s1. The summed E-state index contributed by atoms with van der Waals surface area (Å²) in [5.74, 6) is 0.434. The number of hydrogen-bond acceptors (Lipinski definition) is 3. The minimum Gasteiger partial charge on any atom is -0.381 e. The van der Waals surface area contributed by atoms with E-state index in [-0.39, 0.29) is 22.7 Å². The fraction of sp³-hybridized carbons (Fsp3) is 0.519. The highest BCUT2D eigenvalue weighted by atomic mass is 35.5. The summed E-state index contributed by atoms with van der Waals surface area (Å²) in [5.41, 5.74) is 2.73. The Labute approximate surface area is 196 Å². The molecule has 1 spiro atoms. The smallest absolute Gasteiger partial charge is 0.223 e. The number of amides is 1. The molecule has 1 N–H and O–H groups in total. The average Bonchev–Trinajstić information content (AvgIpc) is 3.55. The molecule has 0 unspecified atom stereocenters. The van der Waals surface area contributed by atoms with Gasteiger partial charge in [0, 0.05) is 42.7 Å². The molecule has 0 aromatic heterocycles. The Morgan fingerprint density at radius 3 is 2.41 bits per heavy atom. The number of likely N-dealkylation sites (tertiary alicyclic amines) is 1. The zero-order valence-corrected chi connectivity index (χ0v) is 19.4. The predicted octanol–water partition coefficient (Wildman–Crippen LogP) is 4.81. The molecule has 1 atom stereocenters. The van der Waals surface area contributed by atoms with Gasteiger partial charge in [-0.3, -0.25) is 9.69 Å². The molecule has 32 heavy (non-hydrogen) atoms. The fourth-order valence-electron chi connectivity index (χ4n) is 5.80. The number of rotatable bonds is 6. The maximum Gasteiger partial charge on any atom is 0.223 e. The largest absolute Gasteiger partial charge is 0.381 e. The number of carbonyl (C=O) groups excluding carboxylic acids is 1. The predicted molar refractivity (Wildman–Crippen MR) is 128 cm³/mol. The molecule has 2 aromatic carbocycles. The van der Waals surface area contributed by atoms with Crippen molar-refractivity contribution in [3.8, 4) is 0 Å². The van der Waals surface area contributed by atoms with Crippen molar-refractivity contribution in [3.05, 3.63) is 70.7 Å². The van der Waals surface area contributed by atoms with Crippen LogP contribution in [0.4, 0.5) is 0 Å². The summed E-state index contributed by atoms with van der Waals surface area (Å²) in [5, 5.41) is 4.20. The second-order valence-electron chi connectivity index (χ2n) is 9.96. The van der Waals surface area contributed by atoms with E-state index in [0.29, 0.717) is 6.54 Å². The molecule has 5 rings (SSSR count). The molecule has 4 nitrogen and oxygen atoms in total. The fourth-order valence-corrected chi connectivity index (χ4v) is 5.99. The molecule has 5 heteroatoms. The summed E-state index contributed by atoms with van der Waals surface area (Å²) in [7, 11) is 0. The van der Waals surface area contributed by atoms with E-state index in [0.717, 1.165) is 70.0 Å². The third-order valence-corrected chi connectivity index (χ3v) is 8.52. The lowest BCUT2D eigenvalue weighted by atomic mass is 9.74. The number of piperidine rings is 1. The van der Waals surface area contributed by atoms with Gasteiger partial charge in [0.2, 0.25) is 5.91 Å². The van der Waals surface area contributed by atoms with Crippen LogP contribution >= 0.6 is 11.6 Å². The second kappa shape index (κ2) is 9.17. The highest BCUT2D eigenvalue weighted by Gasteiger charge is 2.58. The number of nitrogens with zero attached hydrogens (tertiary/aromatic N) is 1. The molecule has 170 valence electrons. The molecule has 3 fully saturated rings. The van der Waals surface area contributed by atoms with Gasteiger partial charge in [0.25, 0.3) is 0 Å². The number of hydrogen-bond donors (Lipinski definition) is 1. The zero-order valence-electron chi connectivity index (χ0n) is 18.7. The number of carbonyl (C=O) groups is 1. The molecule has 0 radical (unpaired) electrons. The Hall–Kier alpha value is -1.88. The Kier molecular flexibility index (Phi) is 6.28. The normalized spacial score (nSPS) is 24.2. The minimum atomic E-state index is -0.00443. The third kappa shape index (κ3) is 4.46. The maximum atomic E-state index is 13.1. The van der Waals surface area contributed by atoms with Gasteiger partial charge in [-0.1, -0.05) is 60.1 Å². The first-order valence-corrected chi connectivity index (χ1v) is 12.3. The molecule has 3 aliphatic rings. The van der Waals surface area contributed by atoms with Crippen molar-refractivity contribution in [2.75, 3.05) is 32.8 Å². The minimum absolute atomic E-state index is 0.00443. The lowest BCUT2D eigenvalue weighted by molar-refractivity contribution is -0.124. The first-order chi connectivity index (χ1) is 15.6. The van der Waals surface area contributed by atoms with Crippen LogP contribution in [-0.2, 0) is 21.5 Å². The van der Waals surface area contributed by atoms with Crippen molar-refractivity contribution in [1.82, 2.24) is 10.2 Å². The number of benzene rings is 2. The highest BCUT2D eigenvalue weighted by Crippen LogP contribution is 2.59. The van der Waals surface area contributed by atoms with Crippen LogP contribution in [0.3, 0.4) is 0 Å². The lowest BCUT2D eigenvalue weighted by Gasteiger charge is -2.38. The topological polar surface area (TPSA) is 41.6 Å². The summed E-state index contributed by atoms with van der Waals surface area (Å²) in [6.07, 6.45) is 5.18. The van der Waals surface area contributed by atoms with Crippen LogP contribution in [0.25, 0.3) is 0 Å². The molecule has 1 aliphatic carbocycles. The Bertz CT molecular complexity index is 934. The third-order valence-electron chi connectivity index (χ3n) is 8.15. The molecular formula is C27H33ClN2O2. The molecule has 2 aromatic rings. The van der Waals surface area contributed by atoms with E-state index in [9.17, 15) is 4.79 Å². The Morgan fingerprint density at radius 2 is 1.69 bits per heavy atom. The van der Waals surface area contributed by atoms with Gasteiger partial charge >= 0.3 is 0 Å². The number of halogens is 1. The van der Waals surface area contributed by atoms with E-state index in [1.54, 1.807) is 0 Å². The Morgan fingerprint density at radius 1 is 1.00 bits per heavy atom. The summed E-state index contributed by atoms with van der Waals surface area (Å²) < 4.78 is 5.64. The monoisotopic (exact) mass is 452 g/mol. The molecule has 1 amide bonds. The first-order valence-electron chi connectivity index (χ1n) is 12.0. The van der Waals surface area contributed by atoms with Crippen LogP contribution in [0, 0.1) is 11.3 Å². The summed E-state index contributed by atoms with van der Waals surface area (Å²) in [6, 6.07) is 18.8. The van der Waals surface area contributed by atoms with Crippen LogP contribution in [0.5, 0.6) is 0 Å². The zero-order chi connectivity index (χ0) is 22.0. The molecule has 2 aliphatic heterocycles. The van der Waals surface area contributed by atoms with E-state index in [1.165, 1.54) is 11.1 Å². The van der Waals surface area contributed by atoms with Gasteiger partial charge in [0.1, 0.15) is 0 Å². The first kappa shape index (κ1) is 21.9. The Balaban J connectivity index is 1.15. The summed E-state index contributed by atoms with van der Waals surface area (Å²) >= 11 is 6.34. The summed E-state index contributed by atoms with van der Waals surface area (Å²) in [6.45, 7) is 5.22. The molecular weight excluding hydrogens is 420 g/mol. The van der Waals surface area contributed by atoms with E-state index in [4.69, 9.17) is 16.3 Å². The average molecular weight is 453 g/mol. The van der Waals surface area contributed by atoms with E-state index >= 15 is 0 Å². The van der Waals surface area contributed by atoms with Crippen molar-refractivity contribution in [2.45, 2.75) is 44.1 Å². The van der Waals surface area contributed by atoms with Crippen LogP contribution in [0.15, 0.2) is 54.6 Å². The lowest BCUT2D eigenvalue weighted by Crippen LogP contribution is -2.45. The van der Waals surface area contributed by atoms with Crippen molar-refractivity contribution in [3.63, 3.8) is 0 Å². The van der Waals surface area contributed by atoms with Gasteiger partial charge in [0.15, 0.2) is 0 Å². The van der Waals surface area contributed by atoms with Crippen LogP contribution < -0.4 is 5.32 Å². The van der Waals surface area contributed by atoms with Crippen LogP contribution in [0.2, 0.25) is 5.02 Å².